The van der Waals surface area contributed by atoms with Gasteiger partial charge in [0.25, 0.3) is 0 Å². The monoisotopic (exact) mass is 402 g/mol. The van der Waals surface area contributed by atoms with E-state index in [1.807, 2.05) is 12.1 Å². The molecule has 4 heterocycles. The molecule has 1 aromatic heterocycles. The van der Waals surface area contributed by atoms with E-state index >= 15 is 0 Å². The fourth-order valence-electron chi connectivity index (χ4n) is 6.11. The molecule has 30 heavy (non-hydrogen) atoms. The number of nitrogens with zero attached hydrogens (tertiary/aromatic N) is 2. The molecule has 2 aromatic carbocycles. The summed E-state index contributed by atoms with van der Waals surface area (Å²) in [6.45, 7) is 6.49. The van der Waals surface area contributed by atoms with Gasteiger partial charge in [-0.1, -0.05) is 36.4 Å². The second-order valence-corrected chi connectivity index (χ2v) is 9.68. The third kappa shape index (κ3) is 3.27. The molecule has 3 aliphatic heterocycles. The lowest BCUT2D eigenvalue weighted by Crippen LogP contribution is -2.40. The second kappa shape index (κ2) is 7.51. The maximum absolute atomic E-state index is 12.9. The smallest absolute Gasteiger partial charge is 0.341 e. The lowest BCUT2D eigenvalue weighted by atomic mass is 9.84. The van der Waals surface area contributed by atoms with Crippen LogP contribution in [-0.2, 0) is 13.0 Å². The van der Waals surface area contributed by atoms with E-state index in [1.54, 1.807) is 0 Å². The predicted molar refractivity (Wildman–Crippen MR) is 121 cm³/mol. The SMILES string of the molecule is O=c1oc2c(ccc3ccccc32)c2c1CN(CCN1CC3CCC(CC3)C1)CC2. The van der Waals surface area contributed by atoms with Crippen molar-refractivity contribution in [3.05, 3.63) is 57.9 Å². The van der Waals surface area contributed by atoms with Crippen molar-refractivity contribution in [1.82, 2.24) is 9.80 Å². The first-order valence-electron chi connectivity index (χ1n) is 11.7. The lowest BCUT2D eigenvalue weighted by molar-refractivity contribution is 0.182. The molecule has 7 rings (SSSR count). The standard InChI is InChI=1S/C26H30N2O2/c29-26-24-17-27(13-14-28-15-18-5-6-19(16-28)8-7-18)12-11-22(24)23-10-9-20-3-1-2-4-21(20)25(23)30-26/h1-4,9-10,18-19H,5-8,11-17H2. The zero-order valence-electron chi connectivity index (χ0n) is 17.6. The summed E-state index contributed by atoms with van der Waals surface area (Å²) >= 11 is 0. The molecule has 4 heteroatoms. The Kier molecular flexibility index (Phi) is 4.65. The van der Waals surface area contributed by atoms with Crippen LogP contribution in [0.5, 0.6) is 0 Å². The Labute approximate surface area is 177 Å². The van der Waals surface area contributed by atoms with Gasteiger partial charge >= 0.3 is 5.63 Å². The van der Waals surface area contributed by atoms with Gasteiger partial charge in [-0.3, -0.25) is 4.90 Å². The molecule has 3 aromatic rings. The second-order valence-electron chi connectivity index (χ2n) is 9.68. The quantitative estimate of drug-likeness (QED) is 0.480. The van der Waals surface area contributed by atoms with Gasteiger partial charge in [-0.2, -0.15) is 0 Å². The van der Waals surface area contributed by atoms with E-state index in [9.17, 15) is 4.79 Å². The molecule has 0 unspecified atom stereocenters. The van der Waals surface area contributed by atoms with Crippen molar-refractivity contribution in [2.45, 2.75) is 38.6 Å². The molecule has 1 aliphatic carbocycles. The first-order chi connectivity index (χ1) is 14.7. The van der Waals surface area contributed by atoms with Crippen LogP contribution in [-0.4, -0.2) is 42.5 Å². The zero-order chi connectivity index (χ0) is 20.1. The Morgan fingerprint density at radius 1 is 0.833 bits per heavy atom. The van der Waals surface area contributed by atoms with E-state index in [0.29, 0.717) is 0 Å². The number of hydrogen-bond acceptors (Lipinski definition) is 4. The van der Waals surface area contributed by atoms with Crippen LogP contribution < -0.4 is 5.63 Å². The number of rotatable bonds is 3. The average molecular weight is 403 g/mol. The van der Waals surface area contributed by atoms with E-state index in [4.69, 9.17) is 4.42 Å². The summed E-state index contributed by atoms with van der Waals surface area (Å²) in [7, 11) is 0. The van der Waals surface area contributed by atoms with E-state index in [0.717, 1.165) is 71.7 Å². The maximum atomic E-state index is 12.9. The van der Waals surface area contributed by atoms with Crippen LogP contribution >= 0.6 is 0 Å². The molecule has 0 atom stereocenters. The summed E-state index contributed by atoms with van der Waals surface area (Å²) < 4.78 is 5.88. The van der Waals surface area contributed by atoms with Crippen molar-refractivity contribution >= 4 is 21.7 Å². The maximum Gasteiger partial charge on any atom is 0.341 e. The summed E-state index contributed by atoms with van der Waals surface area (Å²) in [5, 5.41) is 3.28. The van der Waals surface area contributed by atoms with Crippen molar-refractivity contribution in [2.24, 2.45) is 11.8 Å². The molecule has 0 radical (unpaired) electrons. The van der Waals surface area contributed by atoms with Crippen LogP contribution in [0.3, 0.4) is 0 Å². The molecule has 4 nitrogen and oxygen atoms in total. The Bertz CT molecular complexity index is 1130. The highest BCUT2D eigenvalue weighted by molar-refractivity contribution is 6.05. The van der Waals surface area contributed by atoms with Gasteiger partial charge in [-0.25, -0.2) is 4.79 Å². The zero-order valence-corrected chi connectivity index (χ0v) is 17.6. The van der Waals surface area contributed by atoms with Crippen molar-refractivity contribution in [3.8, 4) is 0 Å². The number of benzene rings is 2. The minimum Gasteiger partial charge on any atom is -0.422 e. The highest BCUT2D eigenvalue weighted by atomic mass is 16.4. The summed E-state index contributed by atoms with van der Waals surface area (Å²) in [5.74, 6) is 1.83. The Balaban J connectivity index is 1.23. The van der Waals surface area contributed by atoms with Crippen LogP contribution in [0.15, 0.2) is 45.6 Å². The van der Waals surface area contributed by atoms with Crippen LogP contribution in [0.2, 0.25) is 0 Å². The molecule has 0 N–H and O–H groups in total. The van der Waals surface area contributed by atoms with Crippen LogP contribution in [0.1, 0.15) is 36.8 Å². The van der Waals surface area contributed by atoms with Gasteiger partial charge in [0.2, 0.25) is 0 Å². The molecule has 4 aliphatic rings. The van der Waals surface area contributed by atoms with Gasteiger partial charge in [0.1, 0.15) is 5.58 Å². The van der Waals surface area contributed by atoms with Gasteiger partial charge in [-0.15, -0.1) is 0 Å². The van der Waals surface area contributed by atoms with Crippen molar-refractivity contribution < 1.29 is 4.42 Å². The lowest BCUT2D eigenvalue weighted by Gasteiger charge is -2.31. The predicted octanol–water partition coefficient (Wildman–Crippen LogP) is 4.43. The number of fused-ring (bicyclic) bond motifs is 9. The molecule has 156 valence electrons. The van der Waals surface area contributed by atoms with E-state index in [1.165, 1.54) is 44.3 Å². The van der Waals surface area contributed by atoms with Crippen LogP contribution in [0.25, 0.3) is 21.7 Å². The molecule has 2 bridgehead atoms. The van der Waals surface area contributed by atoms with Gasteiger partial charge in [0, 0.05) is 50.0 Å². The first-order valence-corrected chi connectivity index (χ1v) is 11.7. The van der Waals surface area contributed by atoms with Crippen LogP contribution in [0, 0.1) is 11.8 Å². The fourth-order valence-corrected chi connectivity index (χ4v) is 6.11. The molecule has 2 saturated heterocycles. The molecule has 0 spiro atoms. The third-order valence-electron chi connectivity index (χ3n) is 7.80. The molecule has 0 amide bonds. The highest BCUT2D eigenvalue weighted by Crippen LogP contribution is 2.34. The van der Waals surface area contributed by atoms with Crippen LogP contribution in [0.4, 0.5) is 0 Å². The third-order valence-corrected chi connectivity index (χ3v) is 7.80. The molecule has 3 fully saturated rings. The summed E-state index contributed by atoms with van der Waals surface area (Å²) in [5.41, 5.74) is 2.69. The largest absolute Gasteiger partial charge is 0.422 e. The van der Waals surface area contributed by atoms with Gasteiger partial charge in [0.15, 0.2) is 0 Å². The van der Waals surface area contributed by atoms with Gasteiger partial charge in [-0.05, 0) is 54.9 Å². The van der Waals surface area contributed by atoms with Crippen molar-refractivity contribution in [1.29, 1.82) is 0 Å². The van der Waals surface area contributed by atoms with E-state index < -0.39 is 0 Å². The molecular formula is C26H30N2O2. The normalized spacial score (nSPS) is 24.9. The summed E-state index contributed by atoms with van der Waals surface area (Å²) in [4.78, 5) is 18.1. The first kappa shape index (κ1) is 18.6. The van der Waals surface area contributed by atoms with Crippen molar-refractivity contribution in [2.75, 3.05) is 32.7 Å². The van der Waals surface area contributed by atoms with Crippen molar-refractivity contribution in [3.63, 3.8) is 0 Å². The minimum absolute atomic E-state index is 0.147. The fraction of sp³-hybridized carbons (Fsp3) is 0.500. The Hall–Kier alpha value is -2.17. The Morgan fingerprint density at radius 3 is 2.37 bits per heavy atom. The minimum atomic E-state index is -0.147. The molecule has 1 saturated carbocycles. The molecular weight excluding hydrogens is 372 g/mol. The summed E-state index contributed by atoms with van der Waals surface area (Å²) in [6.07, 6.45) is 6.66. The highest BCUT2D eigenvalue weighted by Gasteiger charge is 2.30. The van der Waals surface area contributed by atoms with Gasteiger partial charge in [0.05, 0.1) is 5.56 Å². The summed E-state index contributed by atoms with van der Waals surface area (Å²) in [6, 6.07) is 12.5. The van der Waals surface area contributed by atoms with Gasteiger partial charge < -0.3 is 9.32 Å². The topological polar surface area (TPSA) is 36.7 Å². The Morgan fingerprint density at radius 2 is 1.57 bits per heavy atom. The number of hydrogen-bond donors (Lipinski definition) is 0. The van der Waals surface area contributed by atoms with E-state index in [2.05, 4.69) is 34.1 Å². The average Bonchev–Trinajstić information content (AvgIpc) is 3.11. The van der Waals surface area contributed by atoms with E-state index in [-0.39, 0.29) is 5.63 Å².